The van der Waals surface area contributed by atoms with Gasteiger partial charge in [-0.15, -0.1) is 24.8 Å². The van der Waals surface area contributed by atoms with Crippen LogP contribution in [0.4, 0.5) is 5.82 Å². The van der Waals surface area contributed by atoms with Crippen LogP contribution < -0.4 is 11.5 Å². The minimum absolute atomic E-state index is 0. The van der Waals surface area contributed by atoms with Gasteiger partial charge in [0.1, 0.15) is 5.82 Å². The normalized spacial score (nSPS) is 8.79. The Morgan fingerprint density at radius 3 is 2.36 bits per heavy atom. The summed E-state index contributed by atoms with van der Waals surface area (Å²) in [6.45, 7) is 4.58. The summed E-state index contributed by atoms with van der Waals surface area (Å²) >= 11 is 0. The molecule has 4 N–H and O–H groups in total. The predicted molar refractivity (Wildman–Crippen MR) is 65.2 cm³/mol. The first-order chi connectivity index (χ1) is 5.69. The molecule has 0 fully saturated rings. The van der Waals surface area contributed by atoms with E-state index in [0.29, 0.717) is 12.4 Å². The third-order valence-electron chi connectivity index (χ3n) is 2.03. The van der Waals surface area contributed by atoms with Gasteiger partial charge >= 0.3 is 0 Å². The third kappa shape index (κ3) is 3.33. The van der Waals surface area contributed by atoms with Crippen LogP contribution in [0.1, 0.15) is 23.7 Å². The van der Waals surface area contributed by atoms with Gasteiger partial charge in [-0.3, -0.25) is 0 Å². The van der Waals surface area contributed by atoms with Gasteiger partial charge in [0.25, 0.3) is 0 Å². The Kier molecular flexibility index (Phi) is 7.82. The molecule has 1 aromatic heterocycles. The molecule has 0 aromatic carbocycles. The number of hydrogen-bond donors (Lipinski definition) is 2. The van der Waals surface area contributed by atoms with Crippen molar-refractivity contribution in [3.05, 3.63) is 22.9 Å². The van der Waals surface area contributed by atoms with E-state index in [1.165, 1.54) is 5.56 Å². The van der Waals surface area contributed by atoms with Crippen LogP contribution in [0.25, 0.3) is 0 Å². The summed E-state index contributed by atoms with van der Waals surface area (Å²) in [4.78, 5) is 4.15. The van der Waals surface area contributed by atoms with E-state index in [1.54, 1.807) is 0 Å². The van der Waals surface area contributed by atoms with Crippen molar-refractivity contribution >= 4 is 30.6 Å². The highest BCUT2D eigenvalue weighted by molar-refractivity contribution is 5.85. The minimum atomic E-state index is 0. The number of nitrogens with zero attached hydrogens (tertiary/aromatic N) is 1. The molecule has 1 aromatic rings. The van der Waals surface area contributed by atoms with Crippen LogP contribution in [0.5, 0.6) is 0 Å². The lowest BCUT2D eigenvalue weighted by Gasteiger charge is -2.09. The van der Waals surface area contributed by atoms with Crippen LogP contribution >= 0.6 is 24.8 Å². The van der Waals surface area contributed by atoms with Crippen LogP contribution in [0.2, 0.25) is 0 Å². The smallest absolute Gasteiger partial charge is 0.123 e. The zero-order valence-corrected chi connectivity index (χ0v) is 10.0. The number of nitrogens with two attached hydrogens (primary N) is 2. The number of nitrogen functional groups attached to an aromatic ring is 1. The SMILES string of the molecule is CCc1cc(N)nc(C)c1CN.Cl.Cl. The third-order valence-corrected chi connectivity index (χ3v) is 2.03. The minimum Gasteiger partial charge on any atom is -0.384 e. The summed E-state index contributed by atoms with van der Waals surface area (Å²) in [5.41, 5.74) is 14.5. The number of hydrogen-bond acceptors (Lipinski definition) is 3. The zero-order chi connectivity index (χ0) is 9.14. The molecule has 0 unspecified atom stereocenters. The van der Waals surface area contributed by atoms with Crippen LogP contribution in [0, 0.1) is 6.92 Å². The Morgan fingerprint density at radius 2 is 1.93 bits per heavy atom. The van der Waals surface area contributed by atoms with Crippen molar-refractivity contribution in [3.63, 3.8) is 0 Å². The number of halogens is 2. The second-order valence-electron chi connectivity index (χ2n) is 2.83. The molecule has 0 atom stereocenters. The Morgan fingerprint density at radius 1 is 1.36 bits per heavy atom. The maximum Gasteiger partial charge on any atom is 0.123 e. The molecule has 3 nitrogen and oxygen atoms in total. The van der Waals surface area contributed by atoms with E-state index in [0.717, 1.165) is 17.7 Å². The largest absolute Gasteiger partial charge is 0.384 e. The van der Waals surface area contributed by atoms with Crippen LogP contribution in [-0.2, 0) is 13.0 Å². The van der Waals surface area contributed by atoms with Crippen LogP contribution in [-0.4, -0.2) is 4.98 Å². The number of aromatic nitrogens is 1. The van der Waals surface area contributed by atoms with Crippen molar-refractivity contribution in [1.29, 1.82) is 0 Å². The molecule has 0 aliphatic rings. The van der Waals surface area contributed by atoms with Gasteiger partial charge in [0.15, 0.2) is 0 Å². The molecule has 1 heterocycles. The maximum absolute atomic E-state index is 5.61. The summed E-state index contributed by atoms with van der Waals surface area (Å²) < 4.78 is 0. The molecule has 0 radical (unpaired) electrons. The van der Waals surface area contributed by atoms with Crippen molar-refractivity contribution in [2.24, 2.45) is 5.73 Å². The Bertz CT molecular complexity index is 290. The lowest BCUT2D eigenvalue weighted by atomic mass is 10.0. The van der Waals surface area contributed by atoms with Gasteiger partial charge in [-0.05, 0) is 30.5 Å². The molecule has 1 rings (SSSR count). The number of rotatable bonds is 2. The molecule has 0 amide bonds. The summed E-state index contributed by atoms with van der Waals surface area (Å²) in [6.07, 6.45) is 0.958. The molecular formula is C9H17Cl2N3. The van der Waals surface area contributed by atoms with Gasteiger partial charge in [-0.25, -0.2) is 4.98 Å². The first kappa shape index (κ1) is 15.9. The van der Waals surface area contributed by atoms with E-state index >= 15 is 0 Å². The fraction of sp³-hybridized carbons (Fsp3) is 0.444. The van der Waals surface area contributed by atoms with Crippen LogP contribution in [0.3, 0.4) is 0 Å². The van der Waals surface area contributed by atoms with E-state index in [9.17, 15) is 0 Å². The summed E-state index contributed by atoms with van der Waals surface area (Å²) in [6, 6.07) is 1.90. The quantitative estimate of drug-likeness (QED) is 0.826. The highest BCUT2D eigenvalue weighted by atomic mass is 35.5. The lowest BCUT2D eigenvalue weighted by molar-refractivity contribution is 0.956. The van der Waals surface area contributed by atoms with Crippen LogP contribution in [0.15, 0.2) is 6.07 Å². The second-order valence-corrected chi connectivity index (χ2v) is 2.83. The van der Waals surface area contributed by atoms with Gasteiger partial charge < -0.3 is 11.5 Å². The first-order valence-electron chi connectivity index (χ1n) is 4.14. The van der Waals surface area contributed by atoms with Gasteiger partial charge in [0.05, 0.1) is 0 Å². The van der Waals surface area contributed by atoms with E-state index in [-0.39, 0.29) is 24.8 Å². The lowest BCUT2D eigenvalue weighted by Crippen LogP contribution is -2.07. The topological polar surface area (TPSA) is 64.9 Å². The van der Waals surface area contributed by atoms with E-state index in [2.05, 4.69) is 11.9 Å². The van der Waals surface area contributed by atoms with E-state index in [1.807, 2.05) is 13.0 Å². The Hall–Kier alpha value is -0.510. The van der Waals surface area contributed by atoms with Crippen molar-refractivity contribution in [1.82, 2.24) is 4.98 Å². The Labute approximate surface area is 97.1 Å². The van der Waals surface area contributed by atoms with Gasteiger partial charge in [0, 0.05) is 12.2 Å². The predicted octanol–water partition coefficient (Wildman–Crippen LogP) is 1.84. The molecule has 14 heavy (non-hydrogen) atoms. The summed E-state index contributed by atoms with van der Waals surface area (Å²) in [5.74, 6) is 0.585. The maximum atomic E-state index is 5.61. The molecule has 0 aliphatic heterocycles. The highest BCUT2D eigenvalue weighted by Gasteiger charge is 2.04. The van der Waals surface area contributed by atoms with Crippen molar-refractivity contribution < 1.29 is 0 Å². The van der Waals surface area contributed by atoms with E-state index < -0.39 is 0 Å². The van der Waals surface area contributed by atoms with Gasteiger partial charge in [0.2, 0.25) is 0 Å². The molecular weight excluding hydrogens is 221 g/mol. The van der Waals surface area contributed by atoms with Gasteiger partial charge in [-0.1, -0.05) is 6.92 Å². The Balaban J connectivity index is 0. The van der Waals surface area contributed by atoms with Crippen molar-refractivity contribution in [2.75, 3.05) is 5.73 Å². The molecule has 0 aliphatic carbocycles. The standard InChI is InChI=1S/C9H15N3.2ClH/c1-3-7-4-9(11)12-6(2)8(7)5-10;;/h4H,3,5,10H2,1-2H3,(H2,11,12);2*1H. The molecule has 82 valence electrons. The second kappa shape index (κ2) is 6.87. The average molecular weight is 238 g/mol. The molecule has 0 spiro atoms. The molecule has 0 bridgehead atoms. The number of anilines is 1. The summed E-state index contributed by atoms with van der Waals surface area (Å²) in [7, 11) is 0. The van der Waals surface area contributed by atoms with E-state index in [4.69, 9.17) is 11.5 Å². The number of pyridine rings is 1. The van der Waals surface area contributed by atoms with Crippen molar-refractivity contribution in [2.45, 2.75) is 26.8 Å². The zero-order valence-electron chi connectivity index (χ0n) is 8.41. The summed E-state index contributed by atoms with van der Waals surface area (Å²) in [5, 5.41) is 0. The monoisotopic (exact) mass is 237 g/mol. The molecule has 5 heteroatoms. The molecule has 0 saturated heterocycles. The first-order valence-corrected chi connectivity index (χ1v) is 4.14. The number of aryl methyl sites for hydroxylation is 2. The average Bonchev–Trinajstić information content (AvgIpc) is 2.03. The van der Waals surface area contributed by atoms with Gasteiger partial charge in [-0.2, -0.15) is 0 Å². The van der Waals surface area contributed by atoms with Crippen molar-refractivity contribution in [3.8, 4) is 0 Å². The fourth-order valence-corrected chi connectivity index (χ4v) is 1.39. The molecule has 0 saturated carbocycles. The fourth-order valence-electron chi connectivity index (χ4n) is 1.39. The highest BCUT2D eigenvalue weighted by Crippen LogP contribution is 2.15.